The molecule has 0 saturated heterocycles. The van der Waals surface area contributed by atoms with E-state index in [9.17, 15) is 4.79 Å². The molecule has 1 aromatic rings. The van der Waals surface area contributed by atoms with Crippen LogP contribution in [0.2, 0.25) is 0 Å². The van der Waals surface area contributed by atoms with E-state index < -0.39 is 11.7 Å². The maximum absolute atomic E-state index is 12.2. The molecule has 0 saturated carbocycles. The first-order valence-corrected chi connectivity index (χ1v) is 7.00. The number of nitrogens with zero attached hydrogens (tertiary/aromatic N) is 1. The molecule has 1 rings (SSSR count). The fourth-order valence-electron chi connectivity index (χ4n) is 1.49. The van der Waals surface area contributed by atoms with Crippen molar-refractivity contribution in [2.75, 3.05) is 18.1 Å². The van der Waals surface area contributed by atoms with Crippen molar-refractivity contribution in [3.05, 3.63) is 28.7 Å². The maximum atomic E-state index is 12.2. The summed E-state index contributed by atoms with van der Waals surface area (Å²) in [6, 6.07) is 7.41. The molecule has 0 unspecified atom stereocenters. The Balaban J connectivity index is 2.87. The number of rotatable bonds is 4. The van der Waals surface area contributed by atoms with Crippen LogP contribution in [-0.2, 0) is 4.74 Å². The van der Waals surface area contributed by atoms with Crippen LogP contribution < -0.4 is 4.90 Å². The molecule has 5 heteroatoms. The van der Waals surface area contributed by atoms with Crippen LogP contribution in [0.15, 0.2) is 28.7 Å². The number of ether oxygens (including phenoxy) is 1. The van der Waals surface area contributed by atoms with Gasteiger partial charge in [-0.15, -0.1) is 0 Å². The average molecular weight is 330 g/mol. The molecule has 0 bridgehead atoms. The minimum absolute atomic E-state index is 0.0375. The number of aliphatic hydroxyl groups is 1. The van der Waals surface area contributed by atoms with Gasteiger partial charge in [0, 0.05) is 23.3 Å². The van der Waals surface area contributed by atoms with Crippen LogP contribution in [0, 0.1) is 0 Å². The lowest BCUT2D eigenvalue weighted by atomic mass is 10.2. The molecule has 0 aliphatic rings. The van der Waals surface area contributed by atoms with Crippen LogP contribution in [0.1, 0.15) is 27.2 Å². The third kappa shape index (κ3) is 5.61. The Bertz CT molecular complexity index is 412. The Hall–Kier alpha value is -1.07. The standard InChI is InChI=1S/C14H20BrNO3/c1-14(2,3)19-13(18)16(9-4-10-17)12-7-5-11(15)6-8-12/h5-8,17H,4,9-10H2,1-3H3. The van der Waals surface area contributed by atoms with Crippen molar-refractivity contribution >= 4 is 27.7 Å². The predicted molar refractivity (Wildman–Crippen MR) is 79.4 cm³/mol. The molecule has 0 spiro atoms. The van der Waals surface area contributed by atoms with Crippen LogP contribution in [-0.4, -0.2) is 30.0 Å². The molecule has 19 heavy (non-hydrogen) atoms. The highest BCUT2D eigenvalue weighted by atomic mass is 79.9. The van der Waals surface area contributed by atoms with Crippen LogP contribution in [0.3, 0.4) is 0 Å². The maximum Gasteiger partial charge on any atom is 0.414 e. The van der Waals surface area contributed by atoms with Crippen LogP contribution >= 0.6 is 15.9 Å². The zero-order valence-corrected chi connectivity index (χ0v) is 13.1. The Morgan fingerprint density at radius 2 is 1.89 bits per heavy atom. The molecular formula is C14H20BrNO3. The van der Waals surface area contributed by atoms with E-state index >= 15 is 0 Å². The van der Waals surface area contributed by atoms with E-state index in [-0.39, 0.29) is 6.61 Å². The SMILES string of the molecule is CC(C)(C)OC(=O)N(CCCO)c1ccc(Br)cc1. The molecule has 0 heterocycles. The molecule has 0 fully saturated rings. The molecular weight excluding hydrogens is 310 g/mol. The molecule has 106 valence electrons. The van der Waals surface area contributed by atoms with Crippen LogP contribution in [0.5, 0.6) is 0 Å². The Kier molecular flexibility index (Phi) is 5.82. The van der Waals surface area contributed by atoms with Crippen LogP contribution in [0.25, 0.3) is 0 Å². The smallest absolute Gasteiger partial charge is 0.414 e. The van der Waals surface area contributed by atoms with Gasteiger partial charge in [0.15, 0.2) is 0 Å². The minimum Gasteiger partial charge on any atom is -0.443 e. The van der Waals surface area contributed by atoms with Gasteiger partial charge >= 0.3 is 6.09 Å². The second kappa shape index (κ2) is 6.91. The van der Waals surface area contributed by atoms with Gasteiger partial charge in [-0.1, -0.05) is 15.9 Å². The summed E-state index contributed by atoms with van der Waals surface area (Å²) in [5.41, 5.74) is 0.218. The monoisotopic (exact) mass is 329 g/mol. The van der Waals surface area contributed by atoms with Crippen molar-refractivity contribution < 1.29 is 14.6 Å². The highest BCUT2D eigenvalue weighted by Crippen LogP contribution is 2.21. The first-order valence-electron chi connectivity index (χ1n) is 6.20. The lowest BCUT2D eigenvalue weighted by Gasteiger charge is -2.27. The third-order valence-electron chi connectivity index (χ3n) is 2.29. The number of benzene rings is 1. The van der Waals surface area contributed by atoms with Gasteiger partial charge in [-0.3, -0.25) is 4.90 Å². The Morgan fingerprint density at radius 3 is 2.37 bits per heavy atom. The summed E-state index contributed by atoms with van der Waals surface area (Å²) in [7, 11) is 0. The first-order chi connectivity index (χ1) is 8.83. The van der Waals surface area contributed by atoms with Crippen molar-refractivity contribution in [2.45, 2.75) is 32.8 Å². The predicted octanol–water partition coefficient (Wildman–Crippen LogP) is 3.57. The number of hydrogen-bond acceptors (Lipinski definition) is 3. The first kappa shape index (κ1) is 16.0. The lowest BCUT2D eigenvalue weighted by molar-refractivity contribution is 0.0578. The molecule has 1 amide bonds. The number of carbonyl (C=O) groups excluding carboxylic acids is 1. The summed E-state index contributed by atoms with van der Waals surface area (Å²) in [5, 5.41) is 8.93. The van der Waals surface area contributed by atoms with Gasteiger partial charge in [0.1, 0.15) is 5.60 Å². The van der Waals surface area contributed by atoms with Gasteiger partial charge in [0.25, 0.3) is 0 Å². The summed E-state index contributed by atoms with van der Waals surface area (Å²) in [6.45, 7) is 5.95. The Labute approximate surface area is 122 Å². The van der Waals surface area contributed by atoms with E-state index in [0.29, 0.717) is 13.0 Å². The Morgan fingerprint density at radius 1 is 1.32 bits per heavy atom. The summed E-state index contributed by atoms with van der Waals surface area (Å²) in [5.74, 6) is 0. The number of aliphatic hydroxyl groups excluding tert-OH is 1. The van der Waals surface area contributed by atoms with E-state index in [2.05, 4.69) is 15.9 Å². The molecule has 0 aliphatic heterocycles. The van der Waals surface area contributed by atoms with Gasteiger partial charge < -0.3 is 9.84 Å². The molecule has 0 atom stereocenters. The normalized spacial score (nSPS) is 11.2. The van der Waals surface area contributed by atoms with Gasteiger partial charge in [-0.25, -0.2) is 4.79 Å². The fourth-order valence-corrected chi connectivity index (χ4v) is 1.76. The van der Waals surface area contributed by atoms with Gasteiger partial charge in [0.05, 0.1) is 0 Å². The number of amides is 1. The van der Waals surface area contributed by atoms with E-state index in [0.717, 1.165) is 10.2 Å². The van der Waals surface area contributed by atoms with Crippen LogP contribution in [0.4, 0.5) is 10.5 Å². The molecule has 0 aliphatic carbocycles. The zero-order valence-electron chi connectivity index (χ0n) is 11.5. The lowest BCUT2D eigenvalue weighted by Crippen LogP contribution is -2.37. The van der Waals surface area contributed by atoms with E-state index in [1.54, 1.807) is 0 Å². The van der Waals surface area contributed by atoms with Gasteiger partial charge in [-0.2, -0.15) is 0 Å². The molecule has 0 radical (unpaired) electrons. The summed E-state index contributed by atoms with van der Waals surface area (Å²) in [4.78, 5) is 13.7. The highest BCUT2D eigenvalue weighted by Gasteiger charge is 2.22. The van der Waals surface area contributed by atoms with E-state index in [4.69, 9.17) is 9.84 Å². The molecule has 1 N–H and O–H groups in total. The fraction of sp³-hybridized carbons (Fsp3) is 0.500. The summed E-state index contributed by atoms with van der Waals surface area (Å²) < 4.78 is 6.32. The zero-order chi connectivity index (χ0) is 14.5. The number of carbonyl (C=O) groups is 1. The van der Waals surface area contributed by atoms with E-state index in [1.165, 1.54) is 4.90 Å². The second-order valence-electron chi connectivity index (χ2n) is 5.19. The number of hydrogen-bond donors (Lipinski definition) is 1. The van der Waals surface area contributed by atoms with E-state index in [1.807, 2.05) is 45.0 Å². The topological polar surface area (TPSA) is 49.8 Å². The highest BCUT2D eigenvalue weighted by molar-refractivity contribution is 9.10. The van der Waals surface area contributed by atoms with Crippen molar-refractivity contribution in [1.82, 2.24) is 0 Å². The quantitative estimate of drug-likeness (QED) is 0.918. The summed E-state index contributed by atoms with van der Waals surface area (Å²) in [6.07, 6.45) is 0.109. The minimum atomic E-state index is -0.538. The molecule has 1 aromatic carbocycles. The molecule has 0 aromatic heterocycles. The van der Waals surface area contributed by atoms with Gasteiger partial charge in [-0.05, 0) is 51.5 Å². The molecule has 4 nitrogen and oxygen atoms in total. The van der Waals surface area contributed by atoms with Crippen molar-refractivity contribution in [3.63, 3.8) is 0 Å². The average Bonchev–Trinajstić information content (AvgIpc) is 2.29. The number of anilines is 1. The van der Waals surface area contributed by atoms with Gasteiger partial charge in [0.2, 0.25) is 0 Å². The van der Waals surface area contributed by atoms with Crippen molar-refractivity contribution in [1.29, 1.82) is 0 Å². The number of halogens is 1. The second-order valence-corrected chi connectivity index (χ2v) is 6.10. The van der Waals surface area contributed by atoms with Crippen molar-refractivity contribution in [2.24, 2.45) is 0 Å². The third-order valence-corrected chi connectivity index (χ3v) is 2.82. The van der Waals surface area contributed by atoms with Crippen molar-refractivity contribution in [3.8, 4) is 0 Å². The largest absolute Gasteiger partial charge is 0.443 e. The summed E-state index contributed by atoms with van der Waals surface area (Å²) >= 11 is 3.36.